The maximum absolute atomic E-state index is 5.39. The molecule has 1 aromatic carbocycles. The molecule has 0 amide bonds. The summed E-state index contributed by atoms with van der Waals surface area (Å²) in [7, 11) is 3.21. The molecule has 84 valence electrons. The van der Waals surface area contributed by atoms with Crippen LogP contribution in [0.4, 0.5) is 5.82 Å². The lowest BCUT2D eigenvalue weighted by Gasteiger charge is -2.12. The second-order valence-corrected chi connectivity index (χ2v) is 3.20. The van der Waals surface area contributed by atoms with Gasteiger partial charge in [-0.25, -0.2) is 10.8 Å². The number of fused-ring (bicyclic) bond motifs is 1. The molecule has 1 aromatic heterocycles. The Morgan fingerprint density at radius 1 is 1.12 bits per heavy atom. The van der Waals surface area contributed by atoms with E-state index in [0.717, 1.165) is 10.8 Å². The van der Waals surface area contributed by atoms with Gasteiger partial charge < -0.3 is 14.9 Å². The minimum Gasteiger partial charge on any atom is -0.493 e. The first-order valence-electron chi connectivity index (χ1n) is 4.78. The molecule has 0 fully saturated rings. The Bertz CT molecular complexity index is 514. The van der Waals surface area contributed by atoms with Crippen LogP contribution in [0.25, 0.3) is 10.8 Å². The van der Waals surface area contributed by atoms with E-state index in [4.69, 9.17) is 15.3 Å². The molecule has 2 aromatic rings. The summed E-state index contributed by atoms with van der Waals surface area (Å²) >= 11 is 0. The molecule has 5 nitrogen and oxygen atoms in total. The number of hydrazine groups is 1. The van der Waals surface area contributed by atoms with Gasteiger partial charge in [-0.05, 0) is 18.2 Å². The third-order valence-electron chi connectivity index (χ3n) is 2.42. The average molecular weight is 219 g/mol. The number of nitrogens with one attached hydrogen (secondary N) is 1. The van der Waals surface area contributed by atoms with Gasteiger partial charge in [0.05, 0.1) is 14.2 Å². The summed E-state index contributed by atoms with van der Waals surface area (Å²) < 4.78 is 10.5. The van der Waals surface area contributed by atoms with Gasteiger partial charge in [-0.3, -0.25) is 0 Å². The van der Waals surface area contributed by atoms with Crippen LogP contribution in [-0.2, 0) is 0 Å². The van der Waals surface area contributed by atoms with Crippen LogP contribution < -0.4 is 20.7 Å². The molecule has 0 aliphatic carbocycles. The topological polar surface area (TPSA) is 69.4 Å². The Hall–Kier alpha value is -2.01. The Morgan fingerprint density at radius 3 is 2.56 bits per heavy atom. The summed E-state index contributed by atoms with van der Waals surface area (Å²) in [5.41, 5.74) is 2.55. The number of nitrogens with zero attached hydrogens (tertiary/aromatic N) is 1. The van der Waals surface area contributed by atoms with Crippen molar-refractivity contribution in [2.45, 2.75) is 0 Å². The van der Waals surface area contributed by atoms with Gasteiger partial charge in [-0.15, -0.1) is 0 Å². The van der Waals surface area contributed by atoms with E-state index in [1.54, 1.807) is 20.4 Å². The zero-order chi connectivity index (χ0) is 11.5. The van der Waals surface area contributed by atoms with Crippen molar-refractivity contribution in [3.05, 3.63) is 24.4 Å². The fourth-order valence-electron chi connectivity index (χ4n) is 1.69. The second kappa shape index (κ2) is 4.24. The summed E-state index contributed by atoms with van der Waals surface area (Å²) in [6.07, 6.45) is 1.67. The standard InChI is InChI=1S/C11H13N3O2/c1-15-9-4-3-8-7(10(9)16-2)5-6-13-11(8)14-12/h3-6H,12H2,1-2H3,(H,13,14). The minimum absolute atomic E-state index is 0.610. The molecule has 16 heavy (non-hydrogen) atoms. The van der Waals surface area contributed by atoms with E-state index in [9.17, 15) is 0 Å². The molecule has 2 rings (SSSR count). The first kappa shape index (κ1) is 10.5. The van der Waals surface area contributed by atoms with Crippen LogP contribution in [-0.4, -0.2) is 19.2 Å². The van der Waals surface area contributed by atoms with Gasteiger partial charge >= 0.3 is 0 Å². The lowest BCUT2D eigenvalue weighted by atomic mass is 10.1. The number of ether oxygens (including phenoxy) is 2. The molecule has 0 saturated carbocycles. The van der Waals surface area contributed by atoms with Crippen molar-refractivity contribution in [1.29, 1.82) is 0 Å². The highest BCUT2D eigenvalue weighted by molar-refractivity contribution is 5.97. The highest BCUT2D eigenvalue weighted by atomic mass is 16.5. The lowest BCUT2D eigenvalue weighted by molar-refractivity contribution is 0.358. The van der Waals surface area contributed by atoms with Gasteiger partial charge in [0.25, 0.3) is 0 Å². The maximum Gasteiger partial charge on any atom is 0.168 e. The van der Waals surface area contributed by atoms with Crippen molar-refractivity contribution in [2.24, 2.45) is 5.84 Å². The van der Waals surface area contributed by atoms with Crippen LogP contribution in [0.2, 0.25) is 0 Å². The van der Waals surface area contributed by atoms with Crippen molar-refractivity contribution in [3.63, 3.8) is 0 Å². The van der Waals surface area contributed by atoms with Crippen molar-refractivity contribution >= 4 is 16.6 Å². The Kier molecular flexibility index (Phi) is 2.78. The van der Waals surface area contributed by atoms with Crippen LogP contribution >= 0.6 is 0 Å². The zero-order valence-corrected chi connectivity index (χ0v) is 9.15. The normalized spacial score (nSPS) is 10.2. The van der Waals surface area contributed by atoms with Crippen molar-refractivity contribution in [2.75, 3.05) is 19.6 Å². The van der Waals surface area contributed by atoms with Crippen LogP contribution in [0.3, 0.4) is 0 Å². The van der Waals surface area contributed by atoms with E-state index in [2.05, 4.69) is 10.4 Å². The molecule has 0 saturated heterocycles. The number of aromatic nitrogens is 1. The number of nitrogens with two attached hydrogens (primary N) is 1. The smallest absolute Gasteiger partial charge is 0.168 e. The number of methoxy groups -OCH3 is 2. The van der Waals surface area contributed by atoms with Crippen LogP contribution in [0, 0.1) is 0 Å². The predicted octanol–water partition coefficient (Wildman–Crippen LogP) is 1.54. The summed E-state index contributed by atoms with van der Waals surface area (Å²) in [4.78, 5) is 4.12. The minimum atomic E-state index is 0.610. The molecule has 1 heterocycles. The molecule has 3 N–H and O–H groups in total. The summed E-state index contributed by atoms with van der Waals surface area (Å²) in [5, 5.41) is 1.80. The van der Waals surface area contributed by atoms with E-state index in [0.29, 0.717) is 17.3 Å². The first-order chi connectivity index (χ1) is 7.81. The van der Waals surface area contributed by atoms with Crippen molar-refractivity contribution < 1.29 is 9.47 Å². The highest BCUT2D eigenvalue weighted by Crippen LogP contribution is 2.36. The largest absolute Gasteiger partial charge is 0.493 e. The molecule has 5 heteroatoms. The monoisotopic (exact) mass is 219 g/mol. The summed E-state index contributed by atoms with van der Waals surface area (Å²) in [6.45, 7) is 0. The Labute approximate surface area is 93.1 Å². The van der Waals surface area contributed by atoms with Crippen molar-refractivity contribution in [1.82, 2.24) is 4.98 Å². The van der Waals surface area contributed by atoms with E-state index >= 15 is 0 Å². The molecule has 0 spiro atoms. The Morgan fingerprint density at radius 2 is 1.94 bits per heavy atom. The third kappa shape index (κ3) is 1.51. The Balaban J connectivity index is 2.78. The van der Waals surface area contributed by atoms with Gasteiger partial charge in [-0.2, -0.15) is 0 Å². The SMILES string of the molecule is COc1ccc2c(NN)nccc2c1OC. The van der Waals surface area contributed by atoms with Gasteiger partial charge in [0.1, 0.15) is 5.82 Å². The quantitative estimate of drug-likeness (QED) is 0.605. The number of pyridine rings is 1. The molecule has 0 atom stereocenters. The number of benzene rings is 1. The molecular formula is C11H13N3O2. The summed E-state index contributed by atoms with van der Waals surface area (Å²) in [5.74, 6) is 7.37. The van der Waals surface area contributed by atoms with Gasteiger partial charge in [0, 0.05) is 17.0 Å². The maximum atomic E-state index is 5.39. The number of hydrogen-bond donors (Lipinski definition) is 2. The van der Waals surface area contributed by atoms with Gasteiger partial charge in [-0.1, -0.05) is 0 Å². The number of anilines is 1. The van der Waals surface area contributed by atoms with E-state index in [-0.39, 0.29) is 0 Å². The number of rotatable bonds is 3. The predicted molar refractivity (Wildman–Crippen MR) is 62.7 cm³/mol. The fourth-order valence-corrected chi connectivity index (χ4v) is 1.69. The lowest BCUT2D eigenvalue weighted by Crippen LogP contribution is -2.08. The van der Waals surface area contributed by atoms with E-state index in [1.165, 1.54) is 0 Å². The fraction of sp³-hybridized carbons (Fsp3) is 0.182. The molecule has 0 aliphatic rings. The number of nitrogen functional groups attached to an aromatic ring is 1. The molecule has 0 aliphatic heterocycles. The van der Waals surface area contributed by atoms with E-state index < -0.39 is 0 Å². The van der Waals surface area contributed by atoms with Gasteiger partial charge in [0.15, 0.2) is 11.5 Å². The van der Waals surface area contributed by atoms with Crippen LogP contribution in [0.15, 0.2) is 24.4 Å². The van der Waals surface area contributed by atoms with Gasteiger partial charge in [0.2, 0.25) is 0 Å². The summed E-state index contributed by atoms with van der Waals surface area (Å²) in [6, 6.07) is 5.57. The van der Waals surface area contributed by atoms with Crippen LogP contribution in [0.5, 0.6) is 11.5 Å². The van der Waals surface area contributed by atoms with Crippen LogP contribution in [0.1, 0.15) is 0 Å². The molecule has 0 bridgehead atoms. The van der Waals surface area contributed by atoms with Crippen molar-refractivity contribution in [3.8, 4) is 11.5 Å². The first-order valence-corrected chi connectivity index (χ1v) is 4.78. The molecular weight excluding hydrogens is 206 g/mol. The highest BCUT2D eigenvalue weighted by Gasteiger charge is 2.10. The average Bonchev–Trinajstić information content (AvgIpc) is 2.36. The third-order valence-corrected chi connectivity index (χ3v) is 2.42. The zero-order valence-electron chi connectivity index (χ0n) is 9.15. The molecule has 0 radical (unpaired) electrons. The number of hydrogen-bond acceptors (Lipinski definition) is 5. The van der Waals surface area contributed by atoms with E-state index in [1.807, 2.05) is 18.2 Å². The second-order valence-electron chi connectivity index (χ2n) is 3.20. The molecule has 0 unspecified atom stereocenters.